The van der Waals surface area contributed by atoms with Crippen LogP contribution >= 0.6 is 0 Å². The molecule has 5 rings (SSSR count). The zero-order valence-corrected chi connectivity index (χ0v) is 18.2. The summed E-state index contributed by atoms with van der Waals surface area (Å²) in [6.45, 7) is 9.35. The number of nitrogens with two attached hydrogens (primary N) is 1. The molecule has 0 saturated heterocycles. The summed E-state index contributed by atoms with van der Waals surface area (Å²) in [7, 11) is 1.53. The smallest absolute Gasteiger partial charge is 0.254 e. The van der Waals surface area contributed by atoms with Crippen molar-refractivity contribution < 1.29 is 14.2 Å². The van der Waals surface area contributed by atoms with E-state index >= 15 is 4.39 Å². The average molecular weight is 443 g/mol. The predicted molar refractivity (Wildman–Crippen MR) is 124 cm³/mol. The summed E-state index contributed by atoms with van der Waals surface area (Å²) in [4.78, 5) is 8.26. The lowest BCUT2D eigenvalue weighted by molar-refractivity contribution is -0.0535. The van der Waals surface area contributed by atoms with E-state index in [4.69, 9.17) is 22.0 Å². The maximum atomic E-state index is 15.3. The SMILES string of the molecule is [C-]#[N+]c1c(-c2cc3nc(-c4ccccc4)cc(OC)c3cc2F)nn(C2CC(C)(O)C2)c1N. The van der Waals surface area contributed by atoms with E-state index in [0.717, 1.165) is 5.56 Å². The molecule has 2 aromatic carbocycles. The number of halogens is 1. The Balaban J connectivity index is 1.68. The van der Waals surface area contributed by atoms with Gasteiger partial charge >= 0.3 is 0 Å². The molecule has 2 aromatic heterocycles. The average Bonchev–Trinajstić information content (AvgIpc) is 3.12. The Hall–Kier alpha value is -3.96. The highest BCUT2D eigenvalue weighted by molar-refractivity contribution is 5.93. The summed E-state index contributed by atoms with van der Waals surface area (Å²) in [6.07, 6.45) is 0.935. The van der Waals surface area contributed by atoms with Gasteiger partial charge in [0, 0.05) is 22.6 Å². The van der Waals surface area contributed by atoms with Crippen LogP contribution in [0.4, 0.5) is 15.9 Å². The number of benzene rings is 2. The molecule has 166 valence electrons. The van der Waals surface area contributed by atoms with Crippen molar-refractivity contribution >= 4 is 22.4 Å². The van der Waals surface area contributed by atoms with E-state index in [1.807, 2.05) is 30.3 Å². The number of aromatic nitrogens is 3. The highest BCUT2D eigenvalue weighted by Gasteiger charge is 2.41. The molecule has 0 spiro atoms. The van der Waals surface area contributed by atoms with Crippen LogP contribution in [0.2, 0.25) is 0 Å². The number of rotatable bonds is 4. The molecule has 1 aliphatic rings. The maximum Gasteiger partial charge on any atom is 0.254 e. The molecule has 7 nitrogen and oxygen atoms in total. The molecule has 0 atom stereocenters. The van der Waals surface area contributed by atoms with E-state index in [2.05, 4.69) is 9.94 Å². The zero-order valence-electron chi connectivity index (χ0n) is 18.2. The molecule has 0 aliphatic heterocycles. The number of pyridine rings is 1. The van der Waals surface area contributed by atoms with Crippen molar-refractivity contribution in [1.29, 1.82) is 0 Å². The molecule has 0 bridgehead atoms. The van der Waals surface area contributed by atoms with Gasteiger partial charge in [0.2, 0.25) is 0 Å². The summed E-state index contributed by atoms with van der Waals surface area (Å²) in [5.74, 6) is 0.116. The first-order valence-corrected chi connectivity index (χ1v) is 10.5. The molecule has 4 aromatic rings. The van der Waals surface area contributed by atoms with Gasteiger partial charge < -0.3 is 15.6 Å². The number of anilines is 1. The first kappa shape index (κ1) is 20.9. The molecular weight excluding hydrogens is 421 g/mol. The van der Waals surface area contributed by atoms with Crippen LogP contribution in [0.5, 0.6) is 5.75 Å². The van der Waals surface area contributed by atoms with Crippen molar-refractivity contribution in [2.24, 2.45) is 0 Å². The minimum atomic E-state index is -0.788. The number of fused-ring (bicyclic) bond motifs is 1. The van der Waals surface area contributed by atoms with Gasteiger partial charge in [-0.25, -0.2) is 14.2 Å². The molecule has 1 fully saturated rings. The van der Waals surface area contributed by atoms with Crippen molar-refractivity contribution in [3.05, 3.63) is 65.8 Å². The van der Waals surface area contributed by atoms with E-state index in [0.29, 0.717) is 35.2 Å². The fourth-order valence-electron chi connectivity index (χ4n) is 4.46. The summed E-state index contributed by atoms with van der Waals surface area (Å²) in [5.41, 5.74) is 7.92. The van der Waals surface area contributed by atoms with Crippen molar-refractivity contribution in [2.45, 2.75) is 31.4 Å². The summed E-state index contributed by atoms with van der Waals surface area (Å²) >= 11 is 0. The number of nitrogens with zero attached hydrogens (tertiary/aromatic N) is 4. The summed E-state index contributed by atoms with van der Waals surface area (Å²) < 4.78 is 22.3. The third-order valence-electron chi connectivity index (χ3n) is 6.13. The Morgan fingerprint density at radius 2 is 1.97 bits per heavy atom. The molecule has 3 N–H and O–H groups in total. The third-order valence-corrected chi connectivity index (χ3v) is 6.13. The van der Waals surface area contributed by atoms with Crippen LogP contribution in [0.1, 0.15) is 25.8 Å². The summed E-state index contributed by atoms with van der Waals surface area (Å²) in [6, 6.07) is 14.2. The number of hydrogen-bond acceptors (Lipinski definition) is 5. The van der Waals surface area contributed by atoms with Gasteiger partial charge in [-0.1, -0.05) is 30.3 Å². The van der Waals surface area contributed by atoms with Crippen molar-refractivity contribution in [3.63, 3.8) is 0 Å². The van der Waals surface area contributed by atoms with Gasteiger partial charge in [0.1, 0.15) is 23.1 Å². The van der Waals surface area contributed by atoms with Crippen molar-refractivity contribution in [3.8, 4) is 28.3 Å². The Labute approximate surface area is 190 Å². The van der Waals surface area contributed by atoms with Crippen LogP contribution in [0.15, 0.2) is 48.5 Å². The van der Waals surface area contributed by atoms with Gasteiger partial charge in [0.15, 0.2) is 0 Å². The number of nitrogen functional groups attached to an aromatic ring is 1. The van der Waals surface area contributed by atoms with Crippen LogP contribution in [0, 0.1) is 12.4 Å². The number of aliphatic hydroxyl groups is 1. The molecule has 8 heteroatoms. The van der Waals surface area contributed by atoms with E-state index in [-0.39, 0.29) is 28.8 Å². The predicted octanol–water partition coefficient (Wildman–Crippen LogP) is 5.13. The number of methoxy groups -OCH3 is 1. The van der Waals surface area contributed by atoms with E-state index in [1.54, 1.807) is 19.1 Å². The van der Waals surface area contributed by atoms with Gasteiger partial charge in [-0.3, -0.25) is 4.68 Å². The topological polar surface area (TPSA) is 90.5 Å². The lowest BCUT2D eigenvalue weighted by Crippen LogP contribution is -2.42. The second-order valence-corrected chi connectivity index (χ2v) is 8.62. The standard InChI is InChI=1S/C25H22FN5O2/c1-25(32)12-15(13-25)31-24(27)23(28-2)22(30-31)16-10-20-17(9-18(16)26)21(33-3)11-19(29-20)14-7-5-4-6-8-14/h4-11,15,32H,12-13,27H2,1,3H3. The lowest BCUT2D eigenvalue weighted by atomic mass is 9.77. The van der Waals surface area contributed by atoms with Crippen LogP contribution in [0.25, 0.3) is 38.3 Å². The molecule has 0 unspecified atom stereocenters. The van der Waals surface area contributed by atoms with Gasteiger partial charge in [-0.15, -0.1) is 0 Å². The third kappa shape index (κ3) is 3.47. The fraction of sp³-hybridized carbons (Fsp3) is 0.240. The van der Waals surface area contributed by atoms with Crippen LogP contribution in [-0.2, 0) is 0 Å². The Morgan fingerprint density at radius 3 is 2.61 bits per heavy atom. The van der Waals surface area contributed by atoms with E-state index < -0.39 is 11.4 Å². The van der Waals surface area contributed by atoms with Crippen LogP contribution in [0.3, 0.4) is 0 Å². The second kappa shape index (κ2) is 7.57. The van der Waals surface area contributed by atoms with Gasteiger partial charge in [0.25, 0.3) is 5.69 Å². The second-order valence-electron chi connectivity index (χ2n) is 8.62. The first-order valence-electron chi connectivity index (χ1n) is 10.5. The van der Waals surface area contributed by atoms with Gasteiger partial charge in [0.05, 0.1) is 36.5 Å². The summed E-state index contributed by atoms with van der Waals surface area (Å²) in [5, 5.41) is 15.1. The minimum Gasteiger partial charge on any atom is -0.496 e. The first-order chi connectivity index (χ1) is 15.8. The minimum absolute atomic E-state index is 0.0889. The number of hydrogen-bond donors (Lipinski definition) is 2. The molecule has 33 heavy (non-hydrogen) atoms. The monoisotopic (exact) mass is 443 g/mol. The van der Waals surface area contributed by atoms with Crippen LogP contribution in [-0.4, -0.2) is 32.6 Å². The fourth-order valence-corrected chi connectivity index (χ4v) is 4.46. The Kier molecular flexibility index (Phi) is 4.80. The van der Waals surface area contributed by atoms with E-state index in [1.165, 1.54) is 17.9 Å². The lowest BCUT2D eigenvalue weighted by Gasteiger charge is -2.41. The van der Waals surface area contributed by atoms with Crippen molar-refractivity contribution in [2.75, 3.05) is 12.8 Å². The highest BCUT2D eigenvalue weighted by atomic mass is 19.1. The number of ether oxygens (including phenoxy) is 1. The van der Waals surface area contributed by atoms with Gasteiger partial charge in [-0.05, 0) is 31.9 Å². The largest absolute Gasteiger partial charge is 0.496 e. The molecular formula is C25H22FN5O2. The molecule has 0 radical (unpaired) electrons. The molecule has 1 aliphatic carbocycles. The molecule has 0 amide bonds. The van der Waals surface area contributed by atoms with E-state index in [9.17, 15) is 5.11 Å². The maximum absolute atomic E-state index is 15.3. The Morgan fingerprint density at radius 1 is 1.24 bits per heavy atom. The highest BCUT2D eigenvalue weighted by Crippen LogP contribution is 2.46. The Bertz CT molecular complexity index is 1410. The molecule has 2 heterocycles. The van der Waals surface area contributed by atoms with Crippen LogP contribution < -0.4 is 10.5 Å². The van der Waals surface area contributed by atoms with Crippen molar-refractivity contribution in [1.82, 2.24) is 14.8 Å². The quantitative estimate of drug-likeness (QED) is 0.427. The zero-order chi connectivity index (χ0) is 23.3. The normalized spacial score (nSPS) is 19.8. The molecule has 1 saturated carbocycles. The van der Waals surface area contributed by atoms with Gasteiger partial charge in [-0.2, -0.15) is 5.10 Å².